The van der Waals surface area contributed by atoms with Gasteiger partial charge in [-0.2, -0.15) is 5.26 Å². The first-order valence-electron chi connectivity index (χ1n) is 7.70. The molecule has 0 saturated carbocycles. The molecular formula is C17H18N4O4S. The fraction of sp³-hybridized carbons (Fsp3) is 0.294. The van der Waals surface area contributed by atoms with E-state index < -0.39 is 5.56 Å². The van der Waals surface area contributed by atoms with Crippen molar-refractivity contribution < 1.29 is 14.3 Å². The standard InChI is InChI=1S/C17H18N4O4S/c1-4-12-11(8-18)16(23)21-17(20-12)26-9-15(22)19-13-6-5-10(24-2)7-14(13)25-3/h5-7H,4,9H2,1-3H3,(H,19,22)(H,20,21,23). The molecule has 0 aliphatic rings. The molecule has 0 atom stereocenters. The molecule has 1 aromatic heterocycles. The second-order valence-electron chi connectivity index (χ2n) is 5.06. The first-order chi connectivity index (χ1) is 12.5. The van der Waals surface area contributed by atoms with E-state index in [-0.39, 0.29) is 17.2 Å². The Kier molecular flexibility index (Phi) is 6.63. The van der Waals surface area contributed by atoms with Crippen LogP contribution in [0.25, 0.3) is 0 Å². The van der Waals surface area contributed by atoms with Crippen LogP contribution < -0.4 is 20.3 Å². The van der Waals surface area contributed by atoms with Crippen LogP contribution in [-0.2, 0) is 11.2 Å². The summed E-state index contributed by atoms with van der Waals surface area (Å²) in [6.45, 7) is 1.81. The van der Waals surface area contributed by atoms with E-state index in [1.807, 2.05) is 6.07 Å². The zero-order chi connectivity index (χ0) is 19.1. The van der Waals surface area contributed by atoms with Crippen molar-refractivity contribution >= 4 is 23.4 Å². The minimum atomic E-state index is -0.501. The van der Waals surface area contributed by atoms with E-state index in [1.54, 1.807) is 32.2 Å². The van der Waals surface area contributed by atoms with Gasteiger partial charge in [-0.15, -0.1) is 0 Å². The lowest BCUT2D eigenvalue weighted by Gasteiger charge is -2.11. The summed E-state index contributed by atoms with van der Waals surface area (Å²) in [5.74, 6) is 0.831. The van der Waals surface area contributed by atoms with Gasteiger partial charge in [-0.3, -0.25) is 9.59 Å². The Morgan fingerprint density at radius 2 is 2.15 bits per heavy atom. The first-order valence-corrected chi connectivity index (χ1v) is 8.68. The molecule has 0 saturated heterocycles. The van der Waals surface area contributed by atoms with Crippen LogP contribution in [0.2, 0.25) is 0 Å². The molecule has 0 aliphatic heterocycles. The summed E-state index contributed by atoms with van der Waals surface area (Å²) >= 11 is 1.08. The summed E-state index contributed by atoms with van der Waals surface area (Å²) in [7, 11) is 3.04. The number of benzene rings is 1. The number of carbonyl (C=O) groups is 1. The van der Waals surface area contributed by atoms with Crippen LogP contribution in [0.1, 0.15) is 18.2 Å². The Balaban J connectivity index is 2.07. The number of methoxy groups -OCH3 is 2. The quantitative estimate of drug-likeness (QED) is 0.562. The largest absolute Gasteiger partial charge is 0.497 e. The number of nitrogens with zero attached hydrogens (tertiary/aromatic N) is 2. The molecule has 2 rings (SSSR count). The fourth-order valence-electron chi connectivity index (χ4n) is 2.16. The molecule has 9 heteroatoms. The molecule has 0 bridgehead atoms. The molecule has 2 aromatic rings. The number of nitriles is 1. The lowest BCUT2D eigenvalue weighted by molar-refractivity contribution is -0.113. The maximum atomic E-state index is 12.2. The number of thioether (sulfide) groups is 1. The molecule has 26 heavy (non-hydrogen) atoms. The molecule has 0 radical (unpaired) electrons. The first kappa shape index (κ1) is 19.3. The minimum Gasteiger partial charge on any atom is -0.497 e. The molecule has 1 aromatic carbocycles. The summed E-state index contributed by atoms with van der Waals surface area (Å²) in [5, 5.41) is 12.0. The lowest BCUT2D eigenvalue weighted by atomic mass is 10.2. The van der Waals surface area contributed by atoms with Gasteiger partial charge in [0.2, 0.25) is 5.91 Å². The van der Waals surface area contributed by atoms with Crippen LogP contribution in [0.3, 0.4) is 0 Å². The van der Waals surface area contributed by atoms with E-state index in [4.69, 9.17) is 14.7 Å². The van der Waals surface area contributed by atoms with Crippen LogP contribution >= 0.6 is 11.8 Å². The van der Waals surface area contributed by atoms with E-state index in [1.165, 1.54) is 7.11 Å². The number of rotatable bonds is 7. The maximum absolute atomic E-state index is 12.2. The predicted octanol–water partition coefficient (Wildman–Crippen LogP) is 1.95. The number of H-pyrrole nitrogens is 1. The van der Waals surface area contributed by atoms with E-state index in [2.05, 4.69) is 15.3 Å². The van der Waals surface area contributed by atoms with Gasteiger partial charge in [-0.25, -0.2) is 4.98 Å². The molecule has 1 amide bonds. The van der Waals surface area contributed by atoms with Crippen molar-refractivity contribution in [3.05, 3.63) is 39.8 Å². The van der Waals surface area contributed by atoms with Crippen molar-refractivity contribution in [1.82, 2.24) is 9.97 Å². The van der Waals surface area contributed by atoms with Gasteiger partial charge in [-0.05, 0) is 18.6 Å². The summed E-state index contributed by atoms with van der Waals surface area (Å²) in [5.41, 5.74) is 0.425. The van der Waals surface area contributed by atoms with Gasteiger partial charge in [0.05, 0.1) is 31.4 Å². The zero-order valence-electron chi connectivity index (χ0n) is 14.6. The number of anilines is 1. The van der Waals surface area contributed by atoms with Crippen LogP contribution in [0, 0.1) is 11.3 Å². The van der Waals surface area contributed by atoms with Crippen molar-refractivity contribution in [2.24, 2.45) is 0 Å². The molecule has 1 heterocycles. The van der Waals surface area contributed by atoms with Crippen molar-refractivity contribution in [2.75, 3.05) is 25.3 Å². The second kappa shape index (κ2) is 8.92. The van der Waals surface area contributed by atoms with E-state index in [0.717, 1.165) is 11.8 Å². The van der Waals surface area contributed by atoms with Crippen molar-refractivity contribution in [1.29, 1.82) is 5.26 Å². The highest BCUT2D eigenvalue weighted by Crippen LogP contribution is 2.29. The number of hydrogen-bond acceptors (Lipinski definition) is 7. The number of nitrogens with one attached hydrogen (secondary N) is 2. The molecule has 8 nitrogen and oxygen atoms in total. The third-order valence-corrected chi connectivity index (χ3v) is 4.32. The monoisotopic (exact) mass is 374 g/mol. The second-order valence-corrected chi connectivity index (χ2v) is 6.03. The molecular weight excluding hydrogens is 356 g/mol. The highest BCUT2D eigenvalue weighted by atomic mass is 32.2. The number of ether oxygens (including phenoxy) is 2. The Morgan fingerprint density at radius 1 is 1.38 bits per heavy atom. The van der Waals surface area contributed by atoms with E-state index in [9.17, 15) is 9.59 Å². The number of aromatic nitrogens is 2. The summed E-state index contributed by atoms with van der Waals surface area (Å²) in [6, 6.07) is 6.89. The van der Waals surface area contributed by atoms with Gasteiger partial charge in [-0.1, -0.05) is 18.7 Å². The summed E-state index contributed by atoms with van der Waals surface area (Å²) < 4.78 is 10.3. The summed E-state index contributed by atoms with van der Waals surface area (Å²) in [6.07, 6.45) is 0.454. The molecule has 136 valence electrons. The highest BCUT2D eigenvalue weighted by Gasteiger charge is 2.13. The van der Waals surface area contributed by atoms with Gasteiger partial charge < -0.3 is 19.8 Å². The van der Waals surface area contributed by atoms with Gasteiger partial charge in [0.1, 0.15) is 23.1 Å². The Hall–Kier alpha value is -2.99. The van der Waals surface area contributed by atoms with Crippen molar-refractivity contribution in [3.63, 3.8) is 0 Å². The number of carbonyl (C=O) groups excluding carboxylic acids is 1. The molecule has 0 fully saturated rings. The third kappa shape index (κ3) is 4.55. The van der Waals surface area contributed by atoms with E-state index >= 15 is 0 Å². The van der Waals surface area contributed by atoms with Crippen LogP contribution in [0.15, 0.2) is 28.2 Å². The van der Waals surface area contributed by atoms with Crippen LogP contribution in [0.5, 0.6) is 11.5 Å². The topological polar surface area (TPSA) is 117 Å². The van der Waals surface area contributed by atoms with Crippen LogP contribution in [0.4, 0.5) is 5.69 Å². The molecule has 0 aliphatic carbocycles. The highest BCUT2D eigenvalue weighted by molar-refractivity contribution is 7.99. The summed E-state index contributed by atoms with van der Waals surface area (Å²) in [4.78, 5) is 30.8. The molecule has 0 spiro atoms. The number of aromatic amines is 1. The zero-order valence-corrected chi connectivity index (χ0v) is 15.4. The van der Waals surface area contributed by atoms with Crippen molar-refractivity contribution in [2.45, 2.75) is 18.5 Å². The van der Waals surface area contributed by atoms with Gasteiger partial charge >= 0.3 is 0 Å². The number of amides is 1. The number of aryl methyl sites for hydroxylation is 1. The number of hydrogen-bond donors (Lipinski definition) is 2. The van der Waals surface area contributed by atoms with Gasteiger partial charge in [0, 0.05) is 6.07 Å². The van der Waals surface area contributed by atoms with Crippen molar-refractivity contribution in [3.8, 4) is 17.6 Å². The maximum Gasteiger partial charge on any atom is 0.269 e. The average Bonchev–Trinajstić information content (AvgIpc) is 2.66. The lowest BCUT2D eigenvalue weighted by Crippen LogP contribution is -2.18. The van der Waals surface area contributed by atoms with Gasteiger partial charge in [0.15, 0.2) is 5.16 Å². The SMILES string of the molecule is CCc1nc(SCC(=O)Nc2ccc(OC)cc2OC)[nH]c(=O)c1C#N. The van der Waals surface area contributed by atoms with E-state index in [0.29, 0.717) is 34.5 Å². The van der Waals surface area contributed by atoms with Gasteiger partial charge in [0.25, 0.3) is 5.56 Å². The minimum absolute atomic E-state index is 0.00395. The normalized spacial score (nSPS) is 10.1. The molecule has 0 unspecified atom stereocenters. The fourth-order valence-corrected chi connectivity index (χ4v) is 2.84. The third-order valence-electron chi connectivity index (χ3n) is 3.44. The Labute approximate surface area is 154 Å². The predicted molar refractivity (Wildman–Crippen MR) is 97.9 cm³/mol. The van der Waals surface area contributed by atoms with Crippen LogP contribution in [-0.4, -0.2) is 35.8 Å². The Morgan fingerprint density at radius 3 is 2.77 bits per heavy atom. The Bertz CT molecular complexity index is 905. The molecule has 2 N–H and O–H groups in total. The average molecular weight is 374 g/mol. The smallest absolute Gasteiger partial charge is 0.269 e.